The first-order valence-electron chi connectivity index (χ1n) is 8.45. The van der Waals surface area contributed by atoms with Gasteiger partial charge in [0.15, 0.2) is 8.32 Å². The van der Waals surface area contributed by atoms with Crippen LogP contribution in [0.25, 0.3) is 0 Å². The average molecular weight is 536 g/mol. The van der Waals surface area contributed by atoms with Gasteiger partial charge in [-0.3, -0.25) is 0 Å². The van der Waals surface area contributed by atoms with Crippen LogP contribution in [0, 0.1) is 0 Å². The SMILES string of the molecule is CC(C)(C)[Si](C)(C)OCc1cc(Br)c(S(=O)(=O)Oc2ccccc2)cc1Br. The monoisotopic (exact) mass is 534 g/mol. The number of para-hydroxylation sites is 1. The number of benzene rings is 2. The zero-order chi connectivity index (χ0) is 20.5. The van der Waals surface area contributed by atoms with Crippen LogP contribution in [-0.4, -0.2) is 16.7 Å². The molecule has 2 rings (SSSR count). The van der Waals surface area contributed by atoms with Gasteiger partial charge in [-0.25, -0.2) is 0 Å². The van der Waals surface area contributed by atoms with Crippen molar-refractivity contribution in [2.24, 2.45) is 0 Å². The Hall–Kier alpha value is -0.673. The topological polar surface area (TPSA) is 52.6 Å². The zero-order valence-corrected chi connectivity index (χ0v) is 21.0. The molecule has 0 radical (unpaired) electrons. The lowest BCUT2D eigenvalue weighted by Crippen LogP contribution is -2.40. The van der Waals surface area contributed by atoms with E-state index < -0.39 is 18.4 Å². The van der Waals surface area contributed by atoms with Crippen molar-refractivity contribution >= 4 is 50.3 Å². The highest BCUT2D eigenvalue weighted by Crippen LogP contribution is 2.38. The lowest BCUT2D eigenvalue weighted by Gasteiger charge is -2.36. The Bertz CT molecular complexity index is 907. The predicted octanol–water partition coefficient (Wildman–Crippen LogP) is 6.50. The third kappa shape index (κ3) is 5.66. The molecule has 0 aromatic heterocycles. The van der Waals surface area contributed by atoms with E-state index in [0.717, 1.165) is 5.56 Å². The molecular weight excluding hydrogens is 512 g/mol. The van der Waals surface area contributed by atoms with E-state index >= 15 is 0 Å². The summed E-state index contributed by atoms with van der Waals surface area (Å²) in [6.45, 7) is 11.3. The third-order valence-corrected chi connectivity index (χ3v) is 12.1. The Balaban J connectivity index is 2.26. The molecule has 0 bridgehead atoms. The Morgan fingerprint density at radius 1 is 1.00 bits per heavy atom. The molecule has 0 spiro atoms. The van der Waals surface area contributed by atoms with E-state index in [1.807, 2.05) is 0 Å². The molecule has 27 heavy (non-hydrogen) atoms. The first-order chi connectivity index (χ1) is 12.3. The molecule has 8 heteroatoms. The molecule has 0 heterocycles. The minimum absolute atomic E-state index is 0.0642. The molecule has 148 valence electrons. The summed E-state index contributed by atoms with van der Waals surface area (Å²) in [7, 11) is -5.87. The fourth-order valence-electron chi connectivity index (χ4n) is 1.99. The first-order valence-corrected chi connectivity index (χ1v) is 14.4. The molecule has 0 saturated heterocycles. The van der Waals surface area contributed by atoms with Crippen molar-refractivity contribution in [1.82, 2.24) is 0 Å². The molecule has 2 aromatic rings. The normalized spacial score (nSPS) is 12.9. The van der Waals surface area contributed by atoms with E-state index in [2.05, 4.69) is 65.7 Å². The maximum Gasteiger partial charge on any atom is 0.340 e. The summed E-state index contributed by atoms with van der Waals surface area (Å²) < 4.78 is 37.8. The van der Waals surface area contributed by atoms with Crippen molar-refractivity contribution < 1.29 is 17.0 Å². The second-order valence-corrected chi connectivity index (χ2v) is 15.8. The standard InChI is InChI=1S/C19H24Br2O4SSi/c1-19(2,3)27(4,5)24-13-14-11-17(21)18(12-16(14)20)26(22,23)25-15-9-7-6-8-10-15/h6-12H,13H2,1-5H3. The van der Waals surface area contributed by atoms with Crippen molar-refractivity contribution in [3.63, 3.8) is 0 Å². The van der Waals surface area contributed by atoms with Crippen molar-refractivity contribution in [3.8, 4) is 5.75 Å². The summed E-state index contributed by atoms with van der Waals surface area (Å²) in [4.78, 5) is 0.0642. The summed E-state index contributed by atoms with van der Waals surface area (Å²) in [5.41, 5.74) is 0.880. The number of hydrogen-bond acceptors (Lipinski definition) is 4. The Morgan fingerprint density at radius 3 is 2.15 bits per heavy atom. The highest BCUT2D eigenvalue weighted by Gasteiger charge is 2.37. The lowest BCUT2D eigenvalue weighted by atomic mass is 10.2. The van der Waals surface area contributed by atoms with Crippen LogP contribution in [0.3, 0.4) is 0 Å². The van der Waals surface area contributed by atoms with Crippen molar-refractivity contribution in [1.29, 1.82) is 0 Å². The second kappa shape index (κ2) is 8.37. The maximum atomic E-state index is 12.6. The lowest BCUT2D eigenvalue weighted by molar-refractivity contribution is 0.275. The van der Waals surface area contributed by atoms with Crippen LogP contribution in [0.1, 0.15) is 26.3 Å². The molecule has 0 atom stereocenters. The van der Waals surface area contributed by atoms with E-state index in [-0.39, 0.29) is 15.7 Å². The molecular formula is C19H24Br2O4SSi. The molecule has 0 aliphatic heterocycles. The van der Waals surface area contributed by atoms with Gasteiger partial charge in [0.05, 0.1) is 6.61 Å². The molecule has 0 saturated carbocycles. The van der Waals surface area contributed by atoms with Gasteiger partial charge in [0.1, 0.15) is 10.6 Å². The van der Waals surface area contributed by atoms with Gasteiger partial charge in [-0.2, -0.15) is 8.42 Å². The number of rotatable bonds is 6. The molecule has 0 N–H and O–H groups in total. The summed E-state index contributed by atoms with van der Waals surface area (Å²) in [6, 6.07) is 11.7. The maximum absolute atomic E-state index is 12.6. The van der Waals surface area contributed by atoms with E-state index in [4.69, 9.17) is 8.61 Å². The van der Waals surface area contributed by atoms with Crippen LogP contribution < -0.4 is 4.18 Å². The smallest absolute Gasteiger partial charge is 0.340 e. The van der Waals surface area contributed by atoms with Crippen LogP contribution in [0.15, 0.2) is 56.3 Å². The van der Waals surface area contributed by atoms with Gasteiger partial charge in [0.25, 0.3) is 0 Å². The van der Waals surface area contributed by atoms with E-state index in [1.54, 1.807) is 42.5 Å². The van der Waals surface area contributed by atoms with Crippen LogP contribution in [-0.2, 0) is 21.2 Å². The van der Waals surface area contributed by atoms with Crippen LogP contribution in [0.2, 0.25) is 18.1 Å². The summed E-state index contributed by atoms with van der Waals surface area (Å²) >= 11 is 6.84. The number of hydrogen-bond donors (Lipinski definition) is 0. The predicted molar refractivity (Wildman–Crippen MR) is 118 cm³/mol. The molecule has 2 aromatic carbocycles. The molecule has 0 amide bonds. The van der Waals surface area contributed by atoms with Crippen LogP contribution in [0.4, 0.5) is 0 Å². The van der Waals surface area contributed by atoms with Crippen molar-refractivity contribution in [3.05, 3.63) is 57.0 Å². The fourth-order valence-corrected chi connectivity index (χ4v) is 5.55. The highest BCUT2D eigenvalue weighted by atomic mass is 79.9. The fraction of sp³-hybridized carbons (Fsp3) is 0.368. The first kappa shape index (κ1) is 22.6. The minimum Gasteiger partial charge on any atom is -0.413 e. The van der Waals surface area contributed by atoms with E-state index in [0.29, 0.717) is 15.6 Å². The van der Waals surface area contributed by atoms with Gasteiger partial charge >= 0.3 is 10.1 Å². The van der Waals surface area contributed by atoms with Gasteiger partial charge in [-0.05, 0) is 63.9 Å². The third-order valence-electron chi connectivity index (χ3n) is 4.71. The molecule has 4 nitrogen and oxygen atoms in total. The molecule has 0 aliphatic rings. The quantitative estimate of drug-likeness (QED) is 0.313. The summed E-state index contributed by atoms with van der Waals surface area (Å²) in [6.07, 6.45) is 0. The Morgan fingerprint density at radius 2 is 1.59 bits per heavy atom. The summed E-state index contributed by atoms with van der Waals surface area (Å²) in [5.74, 6) is 0.269. The molecule has 0 unspecified atom stereocenters. The van der Waals surface area contributed by atoms with E-state index in [9.17, 15) is 8.42 Å². The minimum atomic E-state index is -3.96. The molecule has 0 fully saturated rings. The van der Waals surface area contributed by atoms with Gasteiger partial charge in [-0.1, -0.05) is 54.9 Å². The van der Waals surface area contributed by atoms with Gasteiger partial charge < -0.3 is 8.61 Å². The largest absolute Gasteiger partial charge is 0.413 e. The number of halogens is 2. The van der Waals surface area contributed by atoms with Gasteiger partial charge in [0, 0.05) is 8.95 Å². The Labute approximate surface area is 179 Å². The van der Waals surface area contributed by atoms with E-state index in [1.165, 1.54) is 0 Å². The average Bonchev–Trinajstić information content (AvgIpc) is 2.54. The second-order valence-electron chi connectivity index (χ2n) is 7.77. The summed E-state index contributed by atoms with van der Waals surface area (Å²) in [5, 5.41) is 0.101. The highest BCUT2D eigenvalue weighted by molar-refractivity contribution is 9.11. The van der Waals surface area contributed by atoms with Crippen LogP contribution in [0.5, 0.6) is 5.75 Å². The van der Waals surface area contributed by atoms with Gasteiger partial charge in [0.2, 0.25) is 0 Å². The zero-order valence-electron chi connectivity index (χ0n) is 16.0. The van der Waals surface area contributed by atoms with Crippen molar-refractivity contribution in [2.75, 3.05) is 0 Å². The Kier molecular flexibility index (Phi) is 7.01. The van der Waals surface area contributed by atoms with Gasteiger partial charge in [-0.15, -0.1) is 0 Å². The van der Waals surface area contributed by atoms with Crippen molar-refractivity contribution in [2.45, 2.75) is 50.4 Å². The molecule has 0 aliphatic carbocycles. The van der Waals surface area contributed by atoms with Crippen LogP contribution >= 0.6 is 31.9 Å².